The predicted molar refractivity (Wildman–Crippen MR) is 67.4 cm³/mol. The molecule has 4 unspecified atom stereocenters. The fourth-order valence-corrected chi connectivity index (χ4v) is 3.55. The second kappa shape index (κ2) is 5.85. The molecular formula is C14H25NO2. The first-order valence-corrected chi connectivity index (χ1v) is 7.06. The van der Waals surface area contributed by atoms with E-state index in [1.807, 2.05) is 0 Å². The van der Waals surface area contributed by atoms with Gasteiger partial charge in [-0.1, -0.05) is 13.3 Å². The van der Waals surface area contributed by atoms with Crippen LogP contribution in [-0.2, 0) is 4.79 Å². The largest absolute Gasteiger partial charge is 0.396 e. The van der Waals surface area contributed by atoms with Crippen LogP contribution in [0.2, 0.25) is 0 Å². The van der Waals surface area contributed by atoms with Gasteiger partial charge in [0.15, 0.2) is 0 Å². The van der Waals surface area contributed by atoms with Crippen LogP contribution in [-0.4, -0.2) is 24.2 Å². The highest BCUT2D eigenvalue weighted by Crippen LogP contribution is 2.49. The Bertz CT molecular complexity index is 267. The van der Waals surface area contributed by atoms with Crippen molar-refractivity contribution in [2.75, 3.05) is 13.2 Å². The van der Waals surface area contributed by atoms with Crippen molar-refractivity contribution in [1.82, 2.24) is 5.32 Å². The molecule has 0 aliphatic heterocycles. The van der Waals surface area contributed by atoms with Gasteiger partial charge >= 0.3 is 0 Å². The van der Waals surface area contributed by atoms with E-state index in [0.29, 0.717) is 18.4 Å². The average molecular weight is 239 g/mol. The van der Waals surface area contributed by atoms with E-state index in [0.717, 1.165) is 24.7 Å². The Labute approximate surface area is 104 Å². The molecule has 2 fully saturated rings. The number of carbonyl (C=O) groups is 1. The summed E-state index contributed by atoms with van der Waals surface area (Å²) in [6.45, 7) is 2.98. The number of fused-ring (bicyclic) bond motifs is 2. The van der Waals surface area contributed by atoms with Gasteiger partial charge < -0.3 is 10.4 Å². The molecule has 0 aromatic rings. The Morgan fingerprint density at radius 2 is 2.24 bits per heavy atom. The first-order chi connectivity index (χ1) is 8.19. The predicted octanol–water partition coefficient (Wildman–Crippen LogP) is 1.95. The zero-order chi connectivity index (χ0) is 12.3. The molecule has 1 amide bonds. The maximum Gasteiger partial charge on any atom is 0.220 e. The van der Waals surface area contributed by atoms with Gasteiger partial charge in [0.1, 0.15) is 0 Å². The van der Waals surface area contributed by atoms with E-state index >= 15 is 0 Å². The maximum atomic E-state index is 11.8. The zero-order valence-electron chi connectivity index (χ0n) is 10.8. The van der Waals surface area contributed by atoms with Gasteiger partial charge in [0.05, 0.1) is 0 Å². The molecule has 0 radical (unpaired) electrons. The molecule has 3 heteroatoms. The fraction of sp³-hybridized carbons (Fsp3) is 0.929. The number of amides is 1. The van der Waals surface area contributed by atoms with E-state index in [1.165, 1.54) is 25.7 Å². The Balaban J connectivity index is 1.64. The average Bonchev–Trinajstić information content (AvgIpc) is 2.88. The van der Waals surface area contributed by atoms with E-state index in [9.17, 15) is 4.79 Å². The summed E-state index contributed by atoms with van der Waals surface area (Å²) in [5.74, 6) is 3.00. The number of aliphatic hydroxyl groups excluding tert-OH is 1. The molecule has 2 bridgehead atoms. The summed E-state index contributed by atoms with van der Waals surface area (Å²) in [6.07, 6.45) is 6.91. The topological polar surface area (TPSA) is 49.3 Å². The molecule has 98 valence electrons. The number of hydrogen-bond acceptors (Lipinski definition) is 2. The summed E-state index contributed by atoms with van der Waals surface area (Å²) in [5.41, 5.74) is 0. The lowest BCUT2D eigenvalue weighted by atomic mass is 9.86. The molecule has 17 heavy (non-hydrogen) atoms. The first kappa shape index (κ1) is 12.9. The molecule has 2 aliphatic carbocycles. The highest BCUT2D eigenvalue weighted by Gasteiger charge is 2.39. The van der Waals surface area contributed by atoms with Gasteiger partial charge in [-0.05, 0) is 49.4 Å². The Kier molecular flexibility index (Phi) is 4.43. The minimum atomic E-state index is 0.212. The second-order valence-electron chi connectivity index (χ2n) is 6.06. The van der Waals surface area contributed by atoms with Crippen molar-refractivity contribution in [3.05, 3.63) is 0 Å². The third-order valence-corrected chi connectivity index (χ3v) is 4.60. The van der Waals surface area contributed by atoms with Crippen molar-refractivity contribution in [3.8, 4) is 0 Å². The summed E-state index contributed by atoms with van der Waals surface area (Å²) in [5, 5.41) is 11.8. The van der Waals surface area contributed by atoms with Crippen molar-refractivity contribution >= 4 is 5.91 Å². The summed E-state index contributed by atoms with van der Waals surface area (Å²) >= 11 is 0. The molecule has 0 spiro atoms. The number of carbonyl (C=O) groups excluding carboxylic acids is 1. The molecule has 2 aliphatic rings. The first-order valence-electron chi connectivity index (χ1n) is 7.06. The standard InChI is InChI=1S/C14H25NO2/c1-10(4-5-16)9-15-14(17)8-13-7-11-2-3-12(13)6-11/h10-13,16H,2-9H2,1H3,(H,15,17). The highest BCUT2D eigenvalue weighted by atomic mass is 16.3. The molecule has 2 saturated carbocycles. The third kappa shape index (κ3) is 3.44. The summed E-state index contributed by atoms with van der Waals surface area (Å²) in [7, 11) is 0. The van der Waals surface area contributed by atoms with Gasteiger partial charge in [-0.15, -0.1) is 0 Å². The number of hydrogen-bond donors (Lipinski definition) is 2. The van der Waals surface area contributed by atoms with E-state index < -0.39 is 0 Å². The number of nitrogens with one attached hydrogen (secondary N) is 1. The SMILES string of the molecule is CC(CCO)CNC(=O)CC1CC2CCC1C2. The molecule has 0 aromatic heterocycles. The molecule has 0 saturated heterocycles. The van der Waals surface area contributed by atoms with Crippen LogP contribution in [0.5, 0.6) is 0 Å². The molecule has 0 aromatic carbocycles. The monoisotopic (exact) mass is 239 g/mol. The minimum absolute atomic E-state index is 0.212. The minimum Gasteiger partial charge on any atom is -0.396 e. The van der Waals surface area contributed by atoms with E-state index in [-0.39, 0.29) is 12.5 Å². The quantitative estimate of drug-likeness (QED) is 0.744. The van der Waals surface area contributed by atoms with Crippen molar-refractivity contribution in [1.29, 1.82) is 0 Å². The third-order valence-electron chi connectivity index (χ3n) is 4.60. The van der Waals surface area contributed by atoms with E-state index in [1.54, 1.807) is 0 Å². The van der Waals surface area contributed by atoms with Gasteiger partial charge in [-0.3, -0.25) is 4.79 Å². The normalized spacial score (nSPS) is 32.7. The van der Waals surface area contributed by atoms with Crippen molar-refractivity contribution in [2.24, 2.45) is 23.7 Å². The van der Waals surface area contributed by atoms with Gasteiger partial charge in [0.25, 0.3) is 0 Å². The molecule has 2 rings (SSSR count). The Morgan fingerprint density at radius 1 is 1.41 bits per heavy atom. The molecule has 2 N–H and O–H groups in total. The van der Waals surface area contributed by atoms with Crippen LogP contribution in [0.1, 0.15) is 45.4 Å². The summed E-state index contributed by atoms with van der Waals surface area (Å²) < 4.78 is 0. The highest BCUT2D eigenvalue weighted by molar-refractivity contribution is 5.76. The van der Waals surface area contributed by atoms with Gasteiger partial charge in [-0.25, -0.2) is 0 Å². The fourth-order valence-electron chi connectivity index (χ4n) is 3.55. The Morgan fingerprint density at radius 3 is 2.82 bits per heavy atom. The molecular weight excluding hydrogens is 214 g/mol. The zero-order valence-corrected chi connectivity index (χ0v) is 10.8. The summed E-state index contributed by atoms with van der Waals surface area (Å²) in [6, 6.07) is 0. The van der Waals surface area contributed by atoms with Crippen LogP contribution in [0.15, 0.2) is 0 Å². The van der Waals surface area contributed by atoms with Crippen molar-refractivity contribution in [2.45, 2.75) is 45.4 Å². The lowest BCUT2D eigenvalue weighted by molar-refractivity contribution is -0.122. The van der Waals surface area contributed by atoms with E-state index in [4.69, 9.17) is 5.11 Å². The van der Waals surface area contributed by atoms with Crippen LogP contribution in [0.25, 0.3) is 0 Å². The second-order valence-corrected chi connectivity index (χ2v) is 6.06. The van der Waals surface area contributed by atoms with Crippen LogP contribution >= 0.6 is 0 Å². The van der Waals surface area contributed by atoms with Gasteiger partial charge in [-0.2, -0.15) is 0 Å². The lowest BCUT2D eigenvalue weighted by Crippen LogP contribution is -2.31. The van der Waals surface area contributed by atoms with Crippen LogP contribution in [0, 0.1) is 23.7 Å². The molecule has 0 heterocycles. The lowest BCUT2D eigenvalue weighted by Gasteiger charge is -2.21. The molecule has 3 nitrogen and oxygen atoms in total. The van der Waals surface area contributed by atoms with Crippen LogP contribution in [0.3, 0.4) is 0 Å². The number of rotatable bonds is 6. The Hall–Kier alpha value is -0.570. The van der Waals surface area contributed by atoms with Crippen LogP contribution in [0.4, 0.5) is 0 Å². The van der Waals surface area contributed by atoms with E-state index in [2.05, 4.69) is 12.2 Å². The molecule has 4 atom stereocenters. The maximum absolute atomic E-state index is 11.8. The smallest absolute Gasteiger partial charge is 0.220 e. The van der Waals surface area contributed by atoms with Gasteiger partial charge in [0.2, 0.25) is 5.91 Å². The summed E-state index contributed by atoms with van der Waals surface area (Å²) in [4.78, 5) is 11.8. The van der Waals surface area contributed by atoms with Gasteiger partial charge in [0, 0.05) is 19.6 Å². The van der Waals surface area contributed by atoms with Crippen molar-refractivity contribution in [3.63, 3.8) is 0 Å². The van der Waals surface area contributed by atoms with Crippen LogP contribution < -0.4 is 5.32 Å². The number of aliphatic hydroxyl groups is 1. The van der Waals surface area contributed by atoms with Crippen molar-refractivity contribution < 1.29 is 9.90 Å².